The van der Waals surface area contributed by atoms with Gasteiger partial charge in [0, 0.05) is 0 Å². The summed E-state index contributed by atoms with van der Waals surface area (Å²) in [5.74, 6) is 0. The van der Waals surface area contributed by atoms with Crippen LogP contribution >= 0.6 is 0 Å². The van der Waals surface area contributed by atoms with Crippen molar-refractivity contribution >= 4 is 0 Å². The van der Waals surface area contributed by atoms with E-state index in [1.807, 2.05) is 0 Å². The topological polar surface area (TPSA) is 78.1 Å². The molecule has 0 fully saturated rings. The average molecular weight is 686 g/mol. The lowest BCUT2D eigenvalue weighted by atomic mass is 9.71. The van der Waals surface area contributed by atoms with Gasteiger partial charge in [-0.15, -0.1) is 0 Å². The Hall–Kier alpha value is -1.22. The van der Waals surface area contributed by atoms with Crippen molar-refractivity contribution in [1.29, 1.82) is 0 Å². The van der Waals surface area contributed by atoms with Gasteiger partial charge in [0.15, 0.2) is 0 Å². The molecule has 0 aliphatic rings. The first-order valence-electron chi connectivity index (χ1n) is 22.3. The van der Waals surface area contributed by atoms with Crippen molar-refractivity contribution in [1.82, 2.24) is 0 Å². The van der Waals surface area contributed by atoms with E-state index in [0.717, 1.165) is 19.4 Å². The summed E-state index contributed by atoms with van der Waals surface area (Å²) in [6.45, 7) is 3.17. The van der Waals surface area contributed by atoms with Crippen molar-refractivity contribution in [3.8, 4) is 0 Å². The van der Waals surface area contributed by atoms with Crippen molar-refractivity contribution in [2.24, 2.45) is 22.6 Å². The Labute approximate surface area is 309 Å². The zero-order chi connectivity index (χ0) is 35.6. The second kappa shape index (κ2) is 41.2. The maximum atomic E-state index is 5.73. The summed E-state index contributed by atoms with van der Waals surface area (Å²) in [6, 6.07) is 0. The first-order valence-corrected chi connectivity index (χ1v) is 22.3. The summed E-state index contributed by atoms with van der Waals surface area (Å²) >= 11 is 0. The highest BCUT2D eigenvalue weighted by atomic mass is 14.5. The van der Waals surface area contributed by atoms with Crippen LogP contribution < -0.4 is 17.2 Å². The smallest absolute Gasteiger partial charge is 0.00773 e. The van der Waals surface area contributed by atoms with Gasteiger partial charge in [0.2, 0.25) is 0 Å². The van der Waals surface area contributed by atoms with Crippen LogP contribution in [0.25, 0.3) is 0 Å². The quantitative estimate of drug-likeness (QED) is 0.0443. The van der Waals surface area contributed by atoms with Crippen molar-refractivity contribution < 1.29 is 0 Å². The Morgan fingerprint density at radius 3 is 1.00 bits per heavy atom. The molecule has 1 atom stereocenters. The van der Waals surface area contributed by atoms with Crippen LogP contribution in [0.1, 0.15) is 244 Å². The third-order valence-electron chi connectivity index (χ3n) is 11.0. The Bertz CT molecular complexity index is 698. The van der Waals surface area contributed by atoms with E-state index in [-0.39, 0.29) is 0 Å². The molecule has 0 amide bonds. The van der Waals surface area contributed by atoms with Crippen LogP contribution in [0.5, 0.6) is 0 Å². The first-order chi connectivity index (χ1) is 24.2. The summed E-state index contributed by atoms with van der Waals surface area (Å²) in [5.41, 5.74) is 17.2. The number of hydrogen-bond donors (Lipinski definition) is 3. The fraction of sp³-hybridized carbons (Fsp3) is 0.870. The van der Waals surface area contributed by atoms with E-state index in [4.69, 9.17) is 17.2 Å². The largest absolute Gasteiger partial charge is 0.405 e. The molecule has 3 nitrogen and oxygen atoms in total. The number of rotatable bonds is 41. The van der Waals surface area contributed by atoms with Gasteiger partial charge in [0.25, 0.3) is 0 Å². The van der Waals surface area contributed by atoms with Crippen LogP contribution in [0.4, 0.5) is 0 Å². The summed E-state index contributed by atoms with van der Waals surface area (Å²) < 4.78 is 0. The number of unbranched alkanes of at least 4 members (excludes halogenated alkanes) is 29. The monoisotopic (exact) mass is 686 g/mol. The molecular weight excluding hydrogens is 595 g/mol. The van der Waals surface area contributed by atoms with Crippen molar-refractivity contribution in [2.45, 2.75) is 244 Å². The average Bonchev–Trinajstić information content (AvgIpc) is 3.11. The molecule has 0 spiro atoms. The van der Waals surface area contributed by atoms with E-state index < -0.39 is 0 Å². The van der Waals surface area contributed by atoms with Crippen LogP contribution in [0.15, 0.2) is 36.7 Å². The lowest BCUT2D eigenvalue weighted by Gasteiger charge is -2.34. The van der Waals surface area contributed by atoms with Crippen LogP contribution in [0.3, 0.4) is 0 Å². The zero-order valence-corrected chi connectivity index (χ0v) is 33.6. The van der Waals surface area contributed by atoms with Gasteiger partial charge in [-0.1, -0.05) is 198 Å². The van der Waals surface area contributed by atoms with E-state index in [2.05, 4.69) is 31.2 Å². The molecule has 0 bridgehead atoms. The molecular formula is C46H91N3. The van der Waals surface area contributed by atoms with Gasteiger partial charge >= 0.3 is 0 Å². The minimum atomic E-state index is 0.536. The Morgan fingerprint density at radius 2 is 0.653 bits per heavy atom. The van der Waals surface area contributed by atoms with Gasteiger partial charge in [-0.2, -0.15) is 0 Å². The van der Waals surface area contributed by atoms with Crippen molar-refractivity contribution in [2.75, 3.05) is 6.54 Å². The third kappa shape index (κ3) is 36.4. The van der Waals surface area contributed by atoms with Crippen LogP contribution in [-0.4, -0.2) is 6.54 Å². The van der Waals surface area contributed by atoms with Crippen molar-refractivity contribution in [3.05, 3.63) is 36.7 Å². The molecule has 0 radical (unpaired) electrons. The summed E-state index contributed by atoms with van der Waals surface area (Å²) in [7, 11) is 0. The van der Waals surface area contributed by atoms with Gasteiger partial charge in [-0.3, -0.25) is 0 Å². The Balaban J connectivity index is 4.75. The molecule has 0 aromatic carbocycles. The normalized spacial score (nSPS) is 13.4. The maximum Gasteiger partial charge on any atom is -0.00773 e. The molecule has 49 heavy (non-hydrogen) atoms. The molecule has 0 saturated heterocycles. The number of allylic oxidation sites excluding steroid dienone is 4. The van der Waals surface area contributed by atoms with Gasteiger partial charge in [0.1, 0.15) is 0 Å². The second-order valence-electron chi connectivity index (χ2n) is 15.7. The van der Waals surface area contributed by atoms with E-state index in [1.165, 1.54) is 225 Å². The van der Waals surface area contributed by atoms with E-state index in [1.54, 1.807) is 12.4 Å². The number of hydrogen-bond acceptors (Lipinski definition) is 3. The van der Waals surface area contributed by atoms with Crippen molar-refractivity contribution in [3.63, 3.8) is 0 Å². The van der Waals surface area contributed by atoms with Gasteiger partial charge in [-0.05, 0) is 95.0 Å². The Kier molecular flexibility index (Phi) is 40.2. The highest BCUT2D eigenvalue weighted by molar-refractivity contribution is 4.92. The standard InChI is InChI=1S/C46H91N3/c1-2-3-4-5-18-25-32-39-46(42-35-28-21-24-31-38-45-49,41-34-27-20-15-11-13-17-23-30-37-44-48)40-33-26-19-14-10-8-6-7-9-12-16-22-29-36-43-47/h28,35-37,43-44H,2-27,29-34,38-42,45,47-49H2,1H3. The molecule has 6 N–H and O–H groups in total. The fourth-order valence-electron chi connectivity index (χ4n) is 7.72. The molecule has 3 heteroatoms. The molecule has 0 aromatic rings. The number of nitrogens with two attached hydrogens (primary N) is 3. The molecule has 0 aliphatic heterocycles. The van der Waals surface area contributed by atoms with Gasteiger partial charge in [-0.25, -0.2) is 0 Å². The summed E-state index contributed by atoms with van der Waals surface area (Å²) in [5, 5.41) is 0. The second-order valence-corrected chi connectivity index (χ2v) is 15.7. The Morgan fingerprint density at radius 1 is 0.347 bits per heavy atom. The zero-order valence-electron chi connectivity index (χ0n) is 33.6. The predicted molar refractivity (Wildman–Crippen MR) is 224 cm³/mol. The highest BCUT2D eigenvalue weighted by Gasteiger charge is 2.27. The molecule has 0 aromatic heterocycles. The lowest BCUT2D eigenvalue weighted by molar-refractivity contribution is 0.197. The molecule has 0 aliphatic carbocycles. The molecule has 0 rings (SSSR count). The lowest BCUT2D eigenvalue weighted by Crippen LogP contribution is -2.21. The third-order valence-corrected chi connectivity index (χ3v) is 11.0. The minimum Gasteiger partial charge on any atom is -0.405 e. The fourth-order valence-corrected chi connectivity index (χ4v) is 7.72. The van der Waals surface area contributed by atoms with E-state index in [9.17, 15) is 0 Å². The first kappa shape index (κ1) is 47.8. The summed E-state index contributed by atoms with van der Waals surface area (Å²) in [4.78, 5) is 0. The molecule has 0 saturated carbocycles. The SMILES string of the molecule is CCCCCCCCCC(CC=CCCCCCN)(CCCCCCCCCCC=CN)CCCCCCCCCCCCCCC=CN. The van der Waals surface area contributed by atoms with E-state index >= 15 is 0 Å². The van der Waals surface area contributed by atoms with Crippen LogP contribution in [0, 0.1) is 5.41 Å². The maximum absolute atomic E-state index is 5.73. The van der Waals surface area contributed by atoms with Crippen LogP contribution in [0.2, 0.25) is 0 Å². The van der Waals surface area contributed by atoms with E-state index in [0.29, 0.717) is 5.41 Å². The van der Waals surface area contributed by atoms with Crippen LogP contribution in [-0.2, 0) is 0 Å². The predicted octanol–water partition coefficient (Wildman–Crippen LogP) is 14.9. The minimum absolute atomic E-state index is 0.536. The molecule has 290 valence electrons. The van der Waals surface area contributed by atoms with Gasteiger partial charge in [0.05, 0.1) is 0 Å². The molecule has 1 unspecified atom stereocenters. The highest BCUT2D eigenvalue weighted by Crippen LogP contribution is 2.41. The summed E-state index contributed by atoms with van der Waals surface area (Å²) in [6.07, 6.45) is 63.9. The molecule has 0 heterocycles. The van der Waals surface area contributed by atoms with Gasteiger partial charge < -0.3 is 17.2 Å².